The number of likely N-dealkylation sites (N-methyl/N-ethyl adjacent to an activating group) is 1. The first-order chi connectivity index (χ1) is 12.1. The fourth-order valence-corrected chi connectivity index (χ4v) is 4.28. The molecule has 0 N–H and O–H groups in total. The minimum absolute atomic E-state index is 0.160. The molecule has 1 saturated carbocycles. The van der Waals surface area contributed by atoms with Gasteiger partial charge in [0.15, 0.2) is 5.13 Å². The molecule has 1 amide bonds. The van der Waals surface area contributed by atoms with Gasteiger partial charge in [-0.15, -0.1) is 0 Å². The van der Waals surface area contributed by atoms with E-state index in [1.807, 2.05) is 44.1 Å². The molecule has 3 rings (SSSR count). The van der Waals surface area contributed by atoms with Crippen LogP contribution < -0.4 is 9.64 Å². The van der Waals surface area contributed by atoms with Gasteiger partial charge in [0.05, 0.1) is 16.8 Å². The fraction of sp³-hybridized carbons (Fsp3) is 0.579. The van der Waals surface area contributed by atoms with E-state index in [2.05, 4.69) is 4.90 Å². The smallest absolute Gasteiger partial charge is 0.231 e. The third kappa shape index (κ3) is 4.30. The van der Waals surface area contributed by atoms with Crippen molar-refractivity contribution < 1.29 is 9.53 Å². The number of thiazole rings is 1. The van der Waals surface area contributed by atoms with Gasteiger partial charge in [-0.3, -0.25) is 9.69 Å². The van der Waals surface area contributed by atoms with Gasteiger partial charge in [-0.1, -0.05) is 24.2 Å². The number of carbonyl (C=O) groups is 1. The number of aromatic nitrogens is 1. The summed E-state index contributed by atoms with van der Waals surface area (Å²) < 4.78 is 6.65. The summed E-state index contributed by atoms with van der Waals surface area (Å²) in [6.45, 7) is 4.14. The molecule has 0 spiro atoms. The molecule has 0 saturated heterocycles. The molecular weight excluding hydrogens is 334 g/mol. The number of fused-ring (bicyclic) bond motifs is 1. The number of hydrogen-bond donors (Lipinski definition) is 0. The van der Waals surface area contributed by atoms with Crippen LogP contribution in [-0.4, -0.2) is 49.6 Å². The molecule has 0 bridgehead atoms. The first kappa shape index (κ1) is 18.1. The molecule has 1 fully saturated rings. The van der Waals surface area contributed by atoms with E-state index < -0.39 is 0 Å². The van der Waals surface area contributed by atoms with Gasteiger partial charge in [0.25, 0.3) is 0 Å². The number of amides is 1. The zero-order chi connectivity index (χ0) is 17.8. The van der Waals surface area contributed by atoms with Crippen LogP contribution in [-0.2, 0) is 4.79 Å². The molecule has 0 unspecified atom stereocenters. The highest BCUT2D eigenvalue weighted by Gasteiger charge is 2.29. The summed E-state index contributed by atoms with van der Waals surface area (Å²) in [5.41, 5.74) is 0.928. The third-order valence-corrected chi connectivity index (χ3v) is 5.67. The molecule has 25 heavy (non-hydrogen) atoms. The summed E-state index contributed by atoms with van der Waals surface area (Å²) in [5.74, 6) is 1.25. The number of ether oxygens (including phenoxy) is 1. The monoisotopic (exact) mass is 361 g/mol. The second kappa shape index (κ2) is 8.15. The minimum Gasteiger partial charge on any atom is -0.494 e. The number of rotatable bonds is 7. The van der Waals surface area contributed by atoms with Crippen LogP contribution in [0, 0.1) is 5.92 Å². The van der Waals surface area contributed by atoms with E-state index in [-0.39, 0.29) is 11.8 Å². The van der Waals surface area contributed by atoms with Crippen molar-refractivity contribution >= 4 is 32.6 Å². The van der Waals surface area contributed by atoms with Crippen molar-refractivity contribution in [2.75, 3.05) is 38.7 Å². The lowest BCUT2D eigenvalue weighted by molar-refractivity contribution is -0.122. The van der Waals surface area contributed by atoms with Crippen molar-refractivity contribution in [3.8, 4) is 5.75 Å². The maximum absolute atomic E-state index is 13.1. The number of nitrogens with zero attached hydrogens (tertiary/aromatic N) is 3. The lowest BCUT2D eigenvalue weighted by atomic mass is 10.1. The normalized spacial score (nSPS) is 15.2. The molecule has 1 heterocycles. The Balaban J connectivity index is 1.88. The average Bonchev–Trinajstić information content (AvgIpc) is 3.24. The topological polar surface area (TPSA) is 45.7 Å². The quantitative estimate of drug-likeness (QED) is 0.753. The largest absolute Gasteiger partial charge is 0.494 e. The maximum atomic E-state index is 13.1. The first-order valence-electron chi connectivity index (χ1n) is 9.08. The number of anilines is 1. The van der Waals surface area contributed by atoms with Gasteiger partial charge in [0.1, 0.15) is 5.75 Å². The molecule has 5 nitrogen and oxygen atoms in total. The molecule has 1 aliphatic carbocycles. The van der Waals surface area contributed by atoms with Gasteiger partial charge in [-0.25, -0.2) is 4.98 Å². The molecule has 6 heteroatoms. The van der Waals surface area contributed by atoms with Crippen molar-refractivity contribution in [3.63, 3.8) is 0 Å². The Morgan fingerprint density at radius 3 is 2.72 bits per heavy atom. The second-order valence-electron chi connectivity index (χ2n) is 6.83. The molecule has 1 aliphatic rings. The maximum Gasteiger partial charge on any atom is 0.231 e. The van der Waals surface area contributed by atoms with E-state index in [4.69, 9.17) is 9.72 Å². The van der Waals surface area contributed by atoms with E-state index in [9.17, 15) is 4.79 Å². The third-order valence-electron chi connectivity index (χ3n) is 4.63. The summed E-state index contributed by atoms with van der Waals surface area (Å²) in [6, 6.07) is 5.94. The highest BCUT2D eigenvalue weighted by Crippen LogP contribution is 2.34. The Morgan fingerprint density at radius 1 is 1.28 bits per heavy atom. The summed E-state index contributed by atoms with van der Waals surface area (Å²) in [5, 5.41) is 0.808. The molecule has 0 aliphatic heterocycles. The average molecular weight is 362 g/mol. The van der Waals surface area contributed by atoms with Gasteiger partial charge < -0.3 is 9.64 Å². The van der Waals surface area contributed by atoms with Crippen molar-refractivity contribution in [1.82, 2.24) is 9.88 Å². The van der Waals surface area contributed by atoms with Gasteiger partial charge >= 0.3 is 0 Å². The number of benzene rings is 1. The summed E-state index contributed by atoms with van der Waals surface area (Å²) in [7, 11) is 4.07. The molecule has 1 aromatic carbocycles. The van der Waals surface area contributed by atoms with Gasteiger partial charge in [0.2, 0.25) is 5.91 Å². The van der Waals surface area contributed by atoms with E-state index in [0.717, 1.165) is 53.3 Å². The van der Waals surface area contributed by atoms with Crippen molar-refractivity contribution in [2.24, 2.45) is 5.92 Å². The van der Waals surface area contributed by atoms with Crippen LogP contribution in [0.3, 0.4) is 0 Å². The van der Waals surface area contributed by atoms with Gasteiger partial charge in [-0.2, -0.15) is 0 Å². The molecule has 0 radical (unpaired) electrons. The first-order valence-corrected chi connectivity index (χ1v) is 9.89. The standard InChI is InChI=1S/C19H27N3O2S/c1-4-24-15-9-10-16-17(13-15)25-19(20-16)22(12-11-21(2)3)18(23)14-7-5-6-8-14/h9-10,13-14H,4-8,11-12H2,1-3H3. The Morgan fingerprint density at radius 2 is 2.04 bits per heavy atom. The Hall–Kier alpha value is -1.66. The highest BCUT2D eigenvalue weighted by molar-refractivity contribution is 7.22. The Kier molecular flexibility index (Phi) is 5.91. The molecular formula is C19H27N3O2S. The lowest BCUT2D eigenvalue weighted by Gasteiger charge is -2.24. The molecule has 1 aromatic heterocycles. The lowest BCUT2D eigenvalue weighted by Crippen LogP contribution is -2.39. The van der Waals surface area contributed by atoms with Gasteiger partial charge in [-0.05, 0) is 52.1 Å². The van der Waals surface area contributed by atoms with Crippen molar-refractivity contribution in [3.05, 3.63) is 18.2 Å². The number of carbonyl (C=O) groups excluding carboxylic acids is 1. The summed E-state index contributed by atoms with van der Waals surface area (Å²) in [6.07, 6.45) is 4.35. The number of hydrogen-bond acceptors (Lipinski definition) is 5. The molecule has 2 aromatic rings. The predicted molar refractivity (Wildman–Crippen MR) is 104 cm³/mol. The van der Waals surface area contributed by atoms with E-state index in [1.54, 1.807) is 11.3 Å². The molecule has 0 atom stereocenters. The zero-order valence-corrected chi connectivity index (χ0v) is 16.1. The second-order valence-corrected chi connectivity index (χ2v) is 7.84. The van der Waals surface area contributed by atoms with Crippen LogP contribution >= 0.6 is 11.3 Å². The van der Waals surface area contributed by atoms with E-state index >= 15 is 0 Å². The van der Waals surface area contributed by atoms with E-state index in [1.165, 1.54) is 0 Å². The molecule has 136 valence electrons. The Bertz CT molecular complexity index is 723. The van der Waals surface area contributed by atoms with Crippen molar-refractivity contribution in [1.29, 1.82) is 0 Å². The summed E-state index contributed by atoms with van der Waals surface area (Å²) >= 11 is 1.58. The predicted octanol–water partition coefficient (Wildman–Crippen LogP) is 3.78. The highest BCUT2D eigenvalue weighted by atomic mass is 32.1. The zero-order valence-electron chi connectivity index (χ0n) is 15.3. The van der Waals surface area contributed by atoms with Crippen LogP contribution in [0.2, 0.25) is 0 Å². The van der Waals surface area contributed by atoms with Crippen LogP contribution in [0.5, 0.6) is 5.75 Å². The van der Waals surface area contributed by atoms with Crippen LogP contribution in [0.1, 0.15) is 32.6 Å². The van der Waals surface area contributed by atoms with Gasteiger partial charge in [0, 0.05) is 19.0 Å². The van der Waals surface area contributed by atoms with Crippen LogP contribution in [0.4, 0.5) is 5.13 Å². The van der Waals surface area contributed by atoms with E-state index in [0.29, 0.717) is 13.2 Å². The minimum atomic E-state index is 0.160. The van der Waals surface area contributed by atoms with Crippen molar-refractivity contribution in [2.45, 2.75) is 32.6 Å². The Labute approximate surface area is 153 Å². The fourth-order valence-electron chi connectivity index (χ4n) is 3.26. The van der Waals surface area contributed by atoms with Crippen LogP contribution in [0.15, 0.2) is 18.2 Å². The SMILES string of the molecule is CCOc1ccc2nc(N(CCN(C)C)C(=O)C3CCCC3)sc2c1. The van der Waals surface area contributed by atoms with Crippen LogP contribution in [0.25, 0.3) is 10.2 Å². The summed E-state index contributed by atoms with van der Waals surface area (Å²) in [4.78, 5) is 21.8.